The molecule has 0 radical (unpaired) electrons. The first kappa shape index (κ1) is 16.7. The maximum absolute atomic E-state index is 14.0. The average molecular weight is 357 g/mol. The Balaban J connectivity index is 1.75. The van der Waals surface area contributed by atoms with Crippen LogP contribution in [0.25, 0.3) is 6.08 Å². The number of hydrogen-bond acceptors (Lipinski definition) is 3. The highest BCUT2D eigenvalue weighted by Crippen LogP contribution is 2.23. The zero-order valence-electron chi connectivity index (χ0n) is 14.3. The fourth-order valence-electron chi connectivity index (χ4n) is 2.78. The molecule has 0 saturated carbocycles. The number of anilines is 1. The van der Waals surface area contributed by atoms with Crippen LogP contribution in [0.2, 0.25) is 0 Å². The van der Waals surface area contributed by atoms with Gasteiger partial charge in [0.1, 0.15) is 11.5 Å². The monoisotopic (exact) mass is 357 g/mol. The van der Waals surface area contributed by atoms with Crippen molar-refractivity contribution in [1.82, 2.24) is 5.01 Å². The minimum absolute atomic E-state index is 0.169. The number of benzene rings is 3. The number of rotatable bonds is 4. The van der Waals surface area contributed by atoms with Gasteiger partial charge in [-0.25, -0.2) is 9.38 Å². The molecule has 0 fully saturated rings. The van der Waals surface area contributed by atoms with E-state index < -0.39 is 5.82 Å². The van der Waals surface area contributed by atoms with Gasteiger partial charge in [-0.2, -0.15) is 5.01 Å². The van der Waals surface area contributed by atoms with E-state index in [-0.39, 0.29) is 11.6 Å². The molecule has 0 unspecified atom stereocenters. The number of hydrazine groups is 1. The van der Waals surface area contributed by atoms with Gasteiger partial charge in [0.05, 0.1) is 5.69 Å². The minimum Gasteiger partial charge on any atom is -0.290 e. The predicted molar refractivity (Wildman–Crippen MR) is 104 cm³/mol. The van der Waals surface area contributed by atoms with Crippen LogP contribution in [-0.4, -0.2) is 16.8 Å². The van der Waals surface area contributed by atoms with E-state index in [1.807, 2.05) is 60.7 Å². The number of carbonyl (C=O) groups excluding carboxylic acids is 1. The van der Waals surface area contributed by atoms with Crippen molar-refractivity contribution in [2.45, 2.75) is 0 Å². The van der Waals surface area contributed by atoms with Crippen molar-refractivity contribution < 1.29 is 9.18 Å². The molecule has 0 saturated heterocycles. The van der Waals surface area contributed by atoms with Crippen molar-refractivity contribution in [1.29, 1.82) is 0 Å². The summed E-state index contributed by atoms with van der Waals surface area (Å²) in [6.45, 7) is 0. The van der Waals surface area contributed by atoms with Crippen molar-refractivity contribution >= 4 is 23.5 Å². The molecular formula is C22H16FN3O. The molecule has 1 N–H and O–H groups in total. The zero-order valence-corrected chi connectivity index (χ0v) is 14.3. The lowest BCUT2D eigenvalue weighted by molar-refractivity contribution is -0.121. The number of para-hydroxylation sites is 1. The maximum atomic E-state index is 14.0. The van der Waals surface area contributed by atoms with Gasteiger partial charge < -0.3 is 0 Å². The second kappa shape index (κ2) is 7.25. The highest BCUT2D eigenvalue weighted by Gasteiger charge is 2.31. The summed E-state index contributed by atoms with van der Waals surface area (Å²) < 4.78 is 14.0. The molecule has 4 rings (SSSR count). The van der Waals surface area contributed by atoms with Gasteiger partial charge >= 0.3 is 0 Å². The topological polar surface area (TPSA) is 44.7 Å². The summed E-state index contributed by atoms with van der Waals surface area (Å²) in [5.74, 6) is -0.281. The van der Waals surface area contributed by atoms with Gasteiger partial charge in [-0.1, -0.05) is 66.7 Å². The molecule has 5 heteroatoms. The molecule has 1 heterocycles. The van der Waals surface area contributed by atoms with Gasteiger partial charge in [0.2, 0.25) is 0 Å². The standard InChI is InChI=1S/C22H16FN3O/c23-19-14-8-7-11-17(19)15-20-22(27)26(25-18-12-5-2-6-13-18)21(24-20)16-9-3-1-4-10-16/h1-15,25H/b20-15-. The van der Waals surface area contributed by atoms with E-state index in [0.29, 0.717) is 11.4 Å². The number of aliphatic imine (C=N–C) groups is 1. The van der Waals surface area contributed by atoms with Crippen molar-refractivity contribution in [3.8, 4) is 0 Å². The van der Waals surface area contributed by atoms with E-state index >= 15 is 0 Å². The van der Waals surface area contributed by atoms with Crippen LogP contribution in [0.5, 0.6) is 0 Å². The molecule has 0 spiro atoms. The Bertz CT molecular complexity index is 1030. The molecule has 132 valence electrons. The number of halogens is 1. The third-order valence-corrected chi connectivity index (χ3v) is 4.10. The lowest BCUT2D eigenvalue weighted by atomic mass is 10.2. The largest absolute Gasteiger partial charge is 0.297 e. The van der Waals surface area contributed by atoms with Crippen LogP contribution >= 0.6 is 0 Å². The van der Waals surface area contributed by atoms with E-state index in [0.717, 1.165) is 11.3 Å². The Morgan fingerprint density at radius 2 is 1.48 bits per heavy atom. The van der Waals surface area contributed by atoms with Crippen molar-refractivity contribution in [3.63, 3.8) is 0 Å². The summed E-state index contributed by atoms with van der Waals surface area (Å²) in [6, 6.07) is 25.0. The third kappa shape index (κ3) is 3.48. The predicted octanol–water partition coefficient (Wildman–Crippen LogP) is 4.48. The van der Waals surface area contributed by atoms with Crippen LogP contribution in [0.4, 0.5) is 10.1 Å². The van der Waals surface area contributed by atoms with Crippen molar-refractivity contribution in [2.24, 2.45) is 4.99 Å². The molecule has 1 aliphatic heterocycles. The highest BCUT2D eigenvalue weighted by atomic mass is 19.1. The molecule has 1 aliphatic rings. The number of nitrogens with zero attached hydrogens (tertiary/aromatic N) is 2. The number of amidine groups is 1. The number of hydrogen-bond donors (Lipinski definition) is 1. The summed E-state index contributed by atoms with van der Waals surface area (Å²) in [6.07, 6.45) is 1.47. The van der Waals surface area contributed by atoms with Crippen LogP contribution in [-0.2, 0) is 4.79 Å². The molecular weight excluding hydrogens is 341 g/mol. The molecule has 3 aromatic rings. The van der Waals surface area contributed by atoms with Crippen molar-refractivity contribution in [2.75, 3.05) is 5.43 Å². The SMILES string of the molecule is O=C1/C(=C/c2ccccc2F)N=C(c2ccccc2)N1Nc1ccccc1. The summed E-state index contributed by atoms with van der Waals surface area (Å²) >= 11 is 0. The third-order valence-electron chi connectivity index (χ3n) is 4.10. The Hall–Kier alpha value is -3.73. The molecule has 3 aromatic carbocycles. The molecule has 4 nitrogen and oxygen atoms in total. The summed E-state index contributed by atoms with van der Waals surface area (Å²) in [7, 11) is 0. The summed E-state index contributed by atoms with van der Waals surface area (Å²) in [5, 5.41) is 1.39. The first-order valence-electron chi connectivity index (χ1n) is 8.49. The Morgan fingerprint density at radius 3 is 2.19 bits per heavy atom. The Morgan fingerprint density at radius 1 is 0.852 bits per heavy atom. The van der Waals surface area contributed by atoms with Crippen LogP contribution in [0, 0.1) is 5.82 Å². The second-order valence-corrected chi connectivity index (χ2v) is 5.97. The van der Waals surface area contributed by atoms with Crippen LogP contribution in [0.3, 0.4) is 0 Å². The lowest BCUT2D eigenvalue weighted by Crippen LogP contribution is -2.37. The molecule has 0 aliphatic carbocycles. The minimum atomic E-state index is -0.399. The van der Waals surface area contributed by atoms with E-state index in [2.05, 4.69) is 10.4 Å². The molecule has 1 amide bonds. The van der Waals surface area contributed by atoms with Gasteiger partial charge in [0.25, 0.3) is 5.91 Å². The second-order valence-electron chi connectivity index (χ2n) is 5.97. The van der Waals surface area contributed by atoms with Gasteiger partial charge in [0, 0.05) is 11.1 Å². The van der Waals surface area contributed by atoms with Gasteiger partial charge in [0.15, 0.2) is 5.84 Å². The number of carbonyl (C=O) groups is 1. The molecule has 0 atom stereocenters. The first-order chi connectivity index (χ1) is 13.2. The fraction of sp³-hybridized carbons (Fsp3) is 0. The van der Waals surface area contributed by atoms with Crippen LogP contribution in [0.15, 0.2) is 95.6 Å². The highest BCUT2D eigenvalue weighted by molar-refractivity contribution is 6.20. The number of amides is 1. The molecule has 0 bridgehead atoms. The molecule has 27 heavy (non-hydrogen) atoms. The van der Waals surface area contributed by atoms with E-state index in [1.165, 1.54) is 17.2 Å². The van der Waals surface area contributed by atoms with E-state index in [9.17, 15) is 9.18 Å². The van der Waals surface area contributed by atoms with E-state index in [4.69, 9.17) is 0 Å². The van der Waals surface area contributed by atoms with Gasteiger partial charge in [-0.15, -0.1) is 0 Å². The first-order valence-corrected chi connectivity index (χ1v) is 8.49. The van der Waals surface area contributed by atoms with E-state index in [1.54, 1.807) is 18.2 Å². The van der Waals surface area contributed by atoms with Gasteiger partial charge in [-0.05, 0) is 24.3 Å². The average Bonchev–Trinajstić information content (AvgIpc) is 3.01. The zero-order chi connectivity index (χ0) is 18.6. The van der Waals surface area contributed by atoms with Gasteiger partial charge in [-0.3, -0.25) is 10.2 Å². The number of nitrogens with one attached hydrogen (secondary N) is 1. The normalized spacial score (nSPS) is 15.1. The van der Waals surface area contributed by atoms with Crippen LogP contribution < -0.4 is 5.43 Å². The molecule has 0 aromatic heterocycles. The van der Waals surface area contributed by atoms with Crippen LogP contribution in [0.1, 0.15) is 11.1 Å². The quantitative estimate of drug-likeness (QED) is 0.700. The fourth-order valence-corrected chi connectivity index (χ4v) is 2.78. The smallest absolute Gasteiger partial charge is 0.290 e. The summed E-state index contributed by atoms with van der Waals surface area (Å²) in [4.78, 5) is 17.4. The summed E-state index contributed by atoms with van der Waals surface area (Å²) in [5.41, 5.74) is 5.11. The Labute approximate surface area is 156 Å². The van der Waals surface area contributed by atoms with Crippen molar-refractivity contribution in [3.05, 3.63) is 108 Å². The lowest BCUT2D eigenvalue weighted by Gasteiger charge is -2.20. The maximum Gasteiger partial charge on any atom is 0.297 e. The Kier molecular flexibility index (Phi) is 4.49.